The highest BCUT2D eigenvalue weighted by Crippen LogP contribution is 2.39. The van der Waals surface area contributed by atoms with Crippen molar-refractivity contribution in [2.45, 2.75) is 6.04 Å². The number of carbonyl (C=O) groups is 2. The molecule has 0 bridgehead atoms. The number of hydrogen-bond donors (Lipinski definition) is 2. The first kappa shape index (κ1) is 18.3. The van der Waals surface area contributed by atoms with Gasteiger partial charge < -0.3 is 15.1 Å². The van der Waals surface area contributed by atoms with Gasteiger partial charge in [0.2, 0.25) is 0 Å². The molecule has 27 heavy (non-hydrogen) atoms. The van der Waals surface area contributed by atoms with Crippen LogP contribution in [-0.4, -0.2) is 44.9 Å². The van der Waals surface area contributed by atoms with Gasteiger partial charge in [-0.1, -0.05) is 30.3 Å². The summed E-state index contributed by atoms with van der Waals surface area (Å²) < 4.78 is 0. The van der Waals surface area contributed by atoms with E-state index in [0.29, 0.717) is 11.1 Å². The molecular weight excluding hydrogens is 352 g/mol. The highest BCUT2D eigenvalue weighted by atomic mass is 16.6. The number of benzene rings is 2. The molecule has 0 radical (unpaired) electrons. The molecule has 3 rings (SSSR count). The molecule has 0 aliphatic carbocycles. The molecule has 2 aromatic rings. The SMILES string of the molecule is O=C1C(=O)N(CCO)C(c2ccc([N+](=O)[O-])cc2)/C1=C(\O)c1ccccc1. The summed E-state index contributed by atoms with van der Waals surface area (Å²) in [5.41, 5.74) is 0.534. The van der Waals surface area contributed by atoms with E-state index in [9.17, 15) is 29.9 Å². The van der Waals surface area contributed by atoms with Gasteiger partial charge in [0.05, 0.1) is 23.1 Å². The first-order valence-electron chi connectivity index (χ1n) is 8.14. The first-order chi connectivity index (χ1) is 13.0. The van der Waals surface area contributed by atoms with E-state index in [1.807, 2.05) is 0 Å². The quantitative estimate of drug-likeness (QED) is 0.274. The Bertz CT molecular complexity index is 921. The van der Waals surface area contributed by atoms with Gasteiger partial charge in [-0.3, -0.25) is 19.7 Å². The third kappa shape index (κ3) is 3.30. The van der Waals surface area contributed by atoms with E-state index < -0.39 is 22.7 Å². The summed E-state index contributed by atoms with van der Waals surface area (Å²) in [7, 11) is 0. The van der Waals surface area contributed by atoms with Crippen LogP contribution in [-0.2, 0) is 9.59 Å². The summed E-state index contributed by atoms with van der Waals surface area (Å²) in [5, 5.41) is 30.8. The van der Waals surface area contributed by atoms with Crippen LogP contribution < -0.4 is 0 Å². The first-order valence-corrected chi connectivity index (χ1v) is 8.14. The molecule has 138 valence electrons. The van der Waals surface area contributed by atoms with E-state index in [-0.39, 0.29) is 30.2 Å². The van der Waals surface area contributed by atoms with Gasteiger partial charge in [-0.25, -0.2) is 0 Å². The van der Waals surface area contributed by atoms with Gasteiger partial charge in [-0.15, -0.1) is 0 Å². The van der Waals surface area contributed by atoms with Gasteiger partial charge in [0.25, 0.3) is 17.4 Å². The lowest BCUT2D eigenvalue weighted by molar-refractivity contribution is -0.384. The van der Waals surface area contributed by atoms with Crippen molar-refractivity contribution >= 4 is 23.1 Å². The number of non-ortho nitro benzene ring substituents is 1. The number of carbonyl (C=O) groups excluding carboxylic acids is 2. The third-order valence-corrected chi connectivity index (χ3v) is 4.35. The Morgan fingerprint density at radius 3 is 2.26 bits per heavy atom. The lowest BCUT2D eigenvalue weighted by Gasteiger charge is -2.24. The van der Waals surface area contributed by atoms with Crippen molar-refractivity contribution in [3.8, 4) is 0 Å². The lowest BCUT2D eigenvalue weighted by Crippen LogP contribution is -2.32. The van der Waals surface area contributed by atoms with E-state index >= 15 is 0 Å². The molecular formula is C19H16N2O6. The van der Waals surface area contributed by atoms with Crippen molar-refractivity contribution in [1.29, 1.82) is 0 Å². The maximum atomic E-state index is 12.6. The minimum absolute atomic E-state index is 0.113. The highest BCUT2D eigenvalue weighted by Gasteiger charge is 2.45. The zero-order valence-electron chi connectivity index (χ0n) is 14.1. The van der Waals surface area contributed by atoms with Crippen molar-refractivity contribution in [1.82, 2.24) is 4.90 Å². The second-order valence-corrected chi connectivity index (χ2v) is 5.93. The molecule has 1 fully saturated rings. The van der Waals surface area contributed by atoms with Crippen LogP contribution in [0.5, 0.6) is 0 Å². The number of hydrogen-bond acceptors (Lipinski definition) is 6. The summed E-state index contributed by atoms with van der Waals surface area (Å²) in [5.74, 6) is -2.05. The molecule has 0 aromatic heterocycles. The number of likely N-dealkylation sites (tertiary alicyclic amines) is 1. The molecule has 1 saturated heterocycles. The van der Waals surface area contributed by atoms with Gasteiger partial charge in [-0.05, 0) is 17.7 Å². The maximum Gasteiger partial charge on any atom is 0.295 e. The molecule has 1 heterocycles. The van der Waals surface area contributed by atoms with Crippen molar-refractivity contribution in [2.75, 3.05) is 13.2 Å². The number of aliphatic hydroxyl groups excluding tert-OH is 2. The minimum Gasteiger partial charge on any atom is -0.507 e. The molecule has 0 spiro atoms. The fourth-order valence-corrected chi connectivity index (χ4v) is 3.09. The monoisotopic (exact) mass is 368 g/mol. The number of rotatable bonds is 5. The molecule has 8 nitrogen and oxygen atoms in total. The second kappa shape index (κ2) is 7.38. The van der Waals surface area contributed by atoms with Gasteiger partial charge in [0.1, 0.15) is 5.76 Å². The molecule has 1 amide bonds. The predicted octanol–water partition coefficient (Wildman–Crippen LogP) is 2.01. The number of β-amino-alcohol motifs (C(OH)–C–C–N with tert-alkyl or cyclic N) is 1. The second-order valence-electron chi connectivity index (χ2n) is 5.93. The Kier molecular flexibility index (Phi) is 5.00. The standard InChI is InChI=1S/C19H16N2O6/c22-11-10-20-16(12-6-8-14(9-7-12)21(26)27)15(18(24)19(20)25)17(23)13-4-2-1-3-5-13/h1-9,16,22-23H,10-11H2/b17-15+. The van der Waals surface area contributed by atoms with Crippen LogP contribution in [0.15, 0.2) is 60.2 Å². The van der Waals surface area contributed by atoms with Crippen LogP contribution in [0, 0.1) is 10.1 Å². The molecule has 8 heteroatoms. The van der Waals surface area contributed by atoms with E-state index in [1.54, 1.807) is 30.3 Å². The summed E-state index contributed by atoms with van der Waals surface area (Å²) in [4.78, 5) is 36.4. The van der Waals surface area contributed by atoms with Crippen LogP contribution in [0.25, 0.3) is 5.76 Å². The summed E-state index contributed by atoms with van der Waals surface area (Å²) >= 11 is 0. The molecule has 1 aliphatic heterocycles. The van der Waals surface area contributed by atoms with Crippen molar-refractivity contribution < 1.29 is 24.7 Å². The number of amides is 1. The Labute approximate surface area is 154 Å². The van der Waals surface area contributed by atoms with E-state index in [1.165, 1.54) is 24.3 Å². The highest BCUT2D eigenvalue weighted by molar-refractivity contribution is 6.46. The number of aliphatic hydroxyl groups is 2. The molecule has 1 aliphatic rings. The van der Waals surface area contributed by atoms with Crippen LogP contribution in [0.2, 0.25) is 0 Å². The number of ketones is 1. The van der Waals surface area contributed by atoms with Crippen molar-refractivity contribution in [3.05, 3.63) is 81.4 Å². The van der Waals surface area contributed by atoms with Crippen molar-refractivity contribution in [2.24, 2.45) is 0 Å². The molecule has 0 saturated carbocycles. The lowest BCUT2D eigenvalue weighted by atomic mass is 9.95. The Morgan fingerprint density at radius 1 is 1.07 bits per heavy atom. The molecule has 2 aromatic carbocycles. The molecule has 1 atom stereocenters. The van der Waals surface area contributed by atoms with Crippen LogP contribution >= 0.6 is 0 Å². The topological polar surface area (TPSA) is 121 Å². The van der Waals surface area contributed by atoms with Crippen LogP contribution in [0.4, 0.5) is 5.69 Å². The van der Waals surface area contributed by atoms with Gasteiger partial charge in [0.15, 0.2) is 0 Å². The van der Waals surface area contributed by atoms with E-state index in [2.05, 4.69) is 0 Å². The normalized spacial score (nSPS) is 18.7. The number of nitro groups is 1. The zero-order valence-corrected chi connectivity index (χ0v) is 14.1. The molecule has 2 N–H and O–H groups in total. The van der Waals surface area contributed by atoms with Gasteiger partial charge in [-0.2, -0.15) is 0 Å². The number of nitro benzene ring substituents is 1. The zero-order chi connectivity index (χ0) is 19.6. The smallest absolute Gasteiger partial charge is 0.295 e. The predicted molar refractivity (Wildman–Crippen MR) is 95.6 cm³/mol. The molecule has 1 unspecified atom stereocenters. The van der Waals surface area contributed by atoms with Gasteiger partial charge >= 0.3 is 0 Å². The minimum atomic E-state index is -0.946. The maximum absolute atomic E-state index is 12.6. The fraction of sp³-hybridized carbons (Fsp3) is 0.158. The fourth-order valence-electron chi connectivity index (χ4n) is 3.09. The van der Waals surface area contributed by atoms with E-state index in [0.717, 1.165) is 4.90 Å². The third-order valence-electron chi connectivity index (χ3n) is 4.35. The van der Waals surface area contributed by atoms with Crippen LogP contribution in [0.1, 0.15) is 17.2 Å². The Hall–Kier alpha value is -3.52. The summed E-state index contributed by atoms with van der Waals surface area (Å²) in [6, 6.07) is 12.7. The van der Waals surface area contributed by atoms with Crippen molar-refractivity contribution in [3.63, 3.8) is 0 Å². The average Bonchev–Trinajstić information content (AvgIpc) is 2.93. The summed E-state index contributed by atoms with van der Waals surface area (Å²) in [6.07, 6.45) is 0. The van der Waals surface area contributed by atoms with Gasteiger partial charge in [0, 0.05) is 24.2 Å². The van der Waals surface area contributed by atoms with E-state index in [4.69, 9.17) is 0 Å². The number of nitrogens with zero attached hydrogens (tertiary/aromatic N) is 2. The summed E-state index contributed by atoms with van der Waals surface area (Å²) in [6.45, 7) is -0.486. The number of Topliss-reactive ketones (excluding diaryl/α,β-unsaturated/α-hetero) is 1. The Balaban J connectivity index is 2.16. The van der Waals surface area contributed by atoms with Crippen LogP contribution in [0.3, 0.4) is 0 Å². The Morgan fingerprint density at radius 2 is 1.70 bits per heavy atom. The largest absolute Gasteiger partial charge is 0.507 e. The average molecular weight is 368 g/mol.